The third kappa shape index (κ3) is 1.39. The van der Waals surface area contributed by atoms with E-state index in [1.165, 1.54) is 5.70 Å². The SMILES string of the molecule is Cc1nn(C2=CN(C)CC2)cc1N. The Morgan fingerprint density at radius 3 is 2.77 bits per heavy atom. The number of anilines is 1. The Balaban J connectivity index is 2.31. The first-order chi connectivity index (χ1) is 6.16. The van der Waals surface area contributed by atoms with E-state index in [2.05, 4.69) is 23.2 Å². The largest absolute Gasteiger partial charge is 0.396 e. The lowest BCUT2D eigenvalue weighted by atomic mass is 10.4. The van der Waals surface area contributed by atoms with Crippen LogP contribution in [0.4, 0.5) is 5.69 Å². The molecule has 13 heavy (non-hydrogen) atoms. The van der Waals surface area contributed by atoms with Crippen LogP contribution in [0.15, 0.2) is 12.4 Å². The van der Waals surface area contributed by atoms with E-state index in [-0.39, 0.29) is 0 Å². The van der Waals surface area contributed by atoms with Gasteiger partial charge in [-0.25, -0.2) is 4.68 Å². The van der Waals surface area contributed by atoms with E-state index in [4.69, 9.17) is 5.73 Å². The van der Waals surface area contributed by atoms with Crippen molar-refractivity contribution in [1.82, 2.24) is 14.7 Å². The topological polar surface area (TPSA) is 47.1 Å². The zero-order valence-corrected chi connectivity index (χ0v) is 7.99. The minimum atomic E-state index is 0.760. The molecule has 2 N–H and O–H groups in total. The second-order valence-electron chi connectivity index (χ2n) is 3.47. The summed E-state index contributed by atoms with van der Waals surface area (Å²) >= 11 is 0. The van der Waals surface area contributed by atoms with Gasteiger partial charge in [0, 0.05) is 26.2 Å². The van der Waals surface area contributed by atoms with E-state index in [1.54, 1.807) is 0 Å². The second-order valence-corrected chi connectivity index (χ2v) is 3.47. The Morgan fingerprint density at radius 1 is 1.54 bits per heavy atom. The van der Waals surface area contributed by atoms with Gasteiger partial charge in [-0.15, -0.1) is 0 Å². The van der Waals surface area contributed by atoms with E-state index >= 15 is 0 Å². The van der Waals surface area contributed by atoms with Crippen molar-refractivity contribution >= 4 is 11.4 Å². The quantitative estimate of drug-likeness (QED) is 0.695. The molecule has 0 saturated carbocycles. The molecule has 1 aliphatic heterocycles. The van der Waals surface area contributed by atoms with Gasteiger partial charge in [0.2, 0.25) is 0 Å². The first-order valence-electron chi connectivity index (χ1n) is 4.40. The van der Waals surface area contributed by atoms with Crippen molar-refractivity contribution in [3.8, 4) is 0 Å². The number of nitrogen functional groups attached to an aromatic ring is 1. The number of nitrogens with zero attached hydrogens (tertiary/aromatic N) is 3. The predicted octanol–water partition coefficient (Wildman–Crippen LogP) is 0.908. The highest BCUT2D eigenvalue weighted by Gasteiger charge is 2.12. The molecule has 0 radical (unpaired) electrons. The predicted molar refractivity (Wildman–Crippen MR) is 52.9 cm³/mol. The number of aromatic nitrogens is 2. The van der Waals surface area contributed by atoms with Crippen molar-refractivity contribution in [2.75, 3.05) is 19.3 Å². The fraction of sp³-hybridized carbons (Fsp3) is 0.444. The Labute approximate surface area is 77.6 Å². The molecule has 4 nitrogen and oxygen atoms in total. The molecule has 1 aromatic heterocycles. The second kappa shape index (κ2) is 2.80. The summed E-state index contributed by atoms with van der Waals surface area (Å²) in [6.45, 7) is 2.99. The maximum atomic E-state index is 5.72. The summed E-state index contributed by atoms with van der Waals surface area (Å²) in [4.78, 5) is 2.16. The maximum absolute atomic E-state index is 5.72. The molecular formula is C9H14N4. The van der Waals surface area contributed by atoms with Crippen LogP contribution in [0.5, 0.6) is 0 Å². The zero-order valence-electron chi connectivity index (χ0n) is 7.99. The summed E-state index contributed by atoms with van der Waals surface area (Å²) in [7, 11) is 2.06. The molecule has 70 valence electrons. The van der Waals surface area contributed by atoms with Crippen molar-refractivity contribution in [3.05, 3.63) is 18.1 Å². The Bertz CT molecular complexity index is 331. The van der Waals surface area contributed by atoms with Crippen LogP contribution in [0.2, 0.25) is 0 Å². The molecular weight excluding hydrogens is 164 g/mol. The van der Waals surface area contributed by atoms with E-state index in [0.717, 1.165) is 24.3 Å². The van der Waals surface area contributed by atoms with E-state index < -0.39 is 0 Å². The number of aryl methyl sites for hydroxylation is 1. The van der Waals surface area contributed by atoms with Gasteiger partial charge in [-0.2, -0.15) is 5.10 Å². The fourth-order valence-corrected chi connectivity index (χ4v) is 1.47. The summed E-state index contributed by atoms with van der Waals surface area (Å²) in [6.07, 6.45) is 5.02. The molecule has 1 aromatic rings. The summed E-state index contributed by atoms with van der Waals surface area (Å²) in [5, 5.41) is 4.32. The van der Waals surface area contributed by atoms with Crippen LogP contribution in [-0.4, -0.2) is 28.3 Å². The summed E-state index contributed by atoms with van der Waals surface area (Å²) < 4.78 is 1.87. The number of rotatable bonds is 1. The van der Waals surface area contributed by atoms with Gasteiger partial charge in [-0.1, -0.05) is 0 Å². The lowest BCUT2D eigenvalue weighted by molar-refractivity contribution is 0.496. The average Bonchev–Trinajstić information content (AvgIpc) is 2.61. The van der Waals surface area contributed by atoms with Gasteiger partial charge in [0.15, 0.2) is 0 Å². The minimum Gasteiger partial charge on any atom is -0.396 e. The van der Waals surface area contributed by atoms with Crippen LogP contribution in [0.3, 0.4) is 0 Å². The number of hydrogen-bond donors (Lipinski definition) is 1. The number of hydrogen-bond acceptors (Lipinski definition) is 3. The smallest absolute Gasteiger partial charge is 0.0827 e. The molecule has 4 heteroatoms. The van der Waals surface area contributed by atoms with Crippen molar-refractivity contribution in [2.24, 2.45) is 0 Å². The fourth-order valence-electron chi connectivity index (χ4n) is 1.47. The van der Waals surface area contributed by atoms with Gasteiger partial charge in [0.05, 0.1) is 23.3 Å². The minimum absolute atomic E-state index is 0.760. The molecule has 0 aliphatic carbocycles. The molecule has 0 atom stereocenters. The molecule has 2 heterocycles. The molecule has 0 amide bonds. The van der Waals surface area contributed by atoms with E-state index in [1.807, 2.05) is 17.8 Å². The molecule has 0 aromatic carbocycles. The van der Waals surface area contributed by atoms with E-state index in [9.17, 15) is 0 Å². The van der Waals surface area contributed by atoms with Crippen LogP contribution in [0.1, 0.15) is 12.1 Å². The standard InChI is InChI=1S/C9H14N4/c1-7-9(10)6-13(11-7)8-3-4-12(2)5-8/h5-6H,3-4,10H2,1-2H3. The summed E-state index contributed by atoms with van der Waals surface area (Å²) in [5.41, 5.74) is 8.59. The van der Waals surface area contributed by atoms with Crippen LogP contribution < -0.4 is 5.73 Å². The molecule has 2 rings (SSSR count). The van der Waals surface area contributed by atoms with Crippen LogP contribution in [-0.2, 0) is 0 Å². The van der Waals surface area contributed by atoms with Crippen molar-refractivity contribution < 1.29 is 0 Å². The monoisotopic (exact) mass is 178 g/mol. The summed E-state index contributed by atoms with van der Waals surface area (Å²) in [6, 6.07) is 0. The third-order valence-electron chi connectivity index (χ3n) is 2.32. The molecule has 0 spiro atoms. The highest BCUT2D eigenvalue weighted by Crippen LogP contribution is 2.19. The van der Waals surface area contributed by atoms with Crippen molar-refractivity contribution in [1.29, 1.82) is 0 Å². The Hall–Kier alpha value is -1.45. The number of nitrogens with two attached hydrogens (primary N) is 1. The van der Waals surface area contributed by atoms with Crippen LogP contribution >= 0.6 is 0 Å². The molecule has 1 aliphatic rings. The first-order valence-corrected chi connectivity index (χ1v) is 4.40. The van der Waals surface area contributed by atoms with Crippen molar-refractivity contribution in [2.45, 2.75) is 13.3 Å². The zero-order chi connectivity index (χ0) is 9.42. The van der Waals surface area contributed by atoms with Gasteiger partial charge in [-0.3, -0.25) is 0 Å². The molecule has 0 saturated heterocycles. The lowest BCUT2D eigenvalue weighted by Crippen LogP contribution is -2.04. The van der Waals surface area contributed by atoms with Gasteiger partial charge >= 0.3 is 0 Å². The average molecular weight is 178 g/mol. The van der Waals surface area contributed by atoms with Gasteiger partial charge in [0.1, 0.15) is 0 Å². The Morgan fingerprint density at radius 2 is 2.31 bits per heavy atom. The van der Waals surface area contributed by atoms with Crippen molar-refractivity contribution in [3.63, 3.8) is 0 Å². The van der Waals surface area contributed by atoms with Crippen LogP contribution in [0, 0.1) is 6.92 Å². The van der Waals surface area contributed by atoms with E-state index in [0.29, 0.717) is 0 Å². The van der Waals surface area contributed by atoms with Crippen LogP contribution in [0.25, 0.3) is 5.70 Å². The third-order valence-corrected chi connectivity index (χ3v) is 2.32. The summed E-state index contributed by atoms with van der Waals surface area (Å²) in [5.74, 6) is 0. The Kier molecular flexibility index (Phi) is 1.76. The van der Waals surface area contributed by atoms with Gasteiger partial charge in [-0.05, 0) is 6.92 Å². The molecule has 0 bridgehead atoms. The van der Waals surface area contributed by atoms with Gasteiger partial charge < -0.3 is 10.6 Å². The molecule has 0 unspecified atom stereocenters. The normalized spacial score (nSPS) is 16.5. The highest BCUT2D eigenvalue weighted by molar-refractivity contribution is 5.51. The highest BCUT2D eigenvalue weighted by atomic mass is 15.3. The van der Waals surface area contributed by atoms with Gasteiger partial charge in [0.25, 0.3) is 0 Å². The first kappa shape index (κ1) is 8.16. The molecule has 0 fully saturated rings. The maximum Gasteiger partial charge on any atom is 0.0827 e. The lowest BCUT2D eigenvalue weighted by Gasteiger charge is -2.02.